The van der Waals surface area contributed by atoms with Crippen molar-refractivity contribution in [3.63, 3.8) is 0 Å². The predicted molar refractivity (Wildman–Crippen MR) is 115 cm³/mol. The summed E-state index contributed by atoms with van der Waals surface area (Å²) < 4.78 is 0. The molecule has 2 rings (SSSR count). The highest BCUT2D eigenvalue weighted by atomic mass is 16.2. The van der Waals surface area contributed by atoms with Crippen LogP contribution in [0.3, 0.4) is 0 Å². The topological polar surface area (TPSA) is 64.7 Å². The lowest BCUT2D eigenvalue weighted by atomic mass is 10.1. The highest BCUT2D eigenvalue weighted by Crippen LogP contribution is 2.17. The minimum atomic E-state index is -0.160. The van der Waals surface area contributed by atoms with Crippen molar-refractivity contribution < 1.29 is 9.59 Å². The predicted octanol–water partition coefficient (Wildman–Crippen LogP) is 3.28. The van der Waals surface area contributed by atoms with Crippen molar-refractivity contribution in [3.8, 4) is 0 Å². The summed E-state index contributed by atoms with van der Waals surface area (Å²) in [6.45, 7) is 7.23. The fourth-order valence-corrected chi connectivity index (χ4v) is 2.89. The molecule has 0 atom stereocenters. The van der Waals surface area contributed by atoms with Crippen molar-refractivity contribution in [2.75, 3.05) is 44.4 Å². The Hall–Kier alpha value is -2.86. The van der Waals surface area contributed by atoms with E-state index in [0.717, 1.165) is 30.9 Å². The van der Waals surface area contributed by atoms with Crippen molar-refractivity contribution >= 4 is 23.2 Å². The van der Waals surface area contributed by atoms with Crippen LogP contribution in [-0.2, 0) is 11.3 Å². The molecule has 2 N–H and O–H groups in total. The molecule has 0 fully saturated rings. The van der Waals surface area contributed by atoms with Crippen LogP contribution in [0.2, 0.25) is 0 Å². The number of carbonyl (C=O) groups excluding carboxylic acids is 2. The monoisotopic (exact) mass is 382 g/mol. The summed E-state index contributed by atoms with van der Waals surface area (Å²) in [4.78, 5) is 28.3. The van der Waals surface area contributed by atoms with Crippen LogP contribution in [0.5, 0.6) is 0 Å². The van der Waals surface area contributed by atoms with Gasteiger partial charge in [-0.05, 0) is 42.9 Å². The van der Waals surface area contributed by atoms with Crippen LogP contribution in [0.25, 0.3) is 0 Å². The summed E-state index contributed by atoms with van der Waals surface area (Å²) in [6.07, 6.45) is 0. The molecule has 0 aliphatic heterocycles. The number of nitrogens with one attached hydrogen (secondary N) is 2. The van der Waals surface area contributed by atoms with E-state index < -0.39 is 0 Å². The SMILES string of the molecule is CCN(CC)Cc1ccccc1NCC(=O)Nc1cccc(C(=O)N(C)C)c1. The van der Waals surface area contributed by atoms with Gasteiger partial charge in [0.1, 0.15) is 0 Å². The van der Waals surface area contributed by atoms with Gasteiger partial charge in [0.25, 0.3) is 5.91 Å². The average Bonchev–Trinajstić information content (AvgIpc) is 2.70. The van der Waals surface area contributed by atoms with Gasteiger partial charge in [-0.15, -0.1) is 0 Å². The molecule has 6 heteroatoms. The van der Waals surface area contributed by atoms with Crippen LogP contribution < -0.4 is 10.6 Å². The minimum absolute atomic E-state index is 0.0976. The molecule has 28 heavy (non-hydrogen) atoms. The van der Waals surface area contributed by atoms with Crippen LogP contribution in [0, 0.1) is 0 Å². The lowest BCUT2D eigenvalue weighted by Crippen LogP contribution is -2.25. The summed E-state index contributed by atoms with van der Waals surface area (Å²) in [6, 6.07) is 15.0. The zero-order chi connectivity index (χ0) is 20.5. The van der Waals surface area contributed by atoms with Crippen LogP contribution in [0.4, 0.5) is 11.4 Å². The molecule has 0 aliphatic carbocycles. The Bertz CT molecular complexity index is 801. The van der Waals surface area contributed by atoms with Crippen molar-refractivity contribution in [1.29, 1.82) is 0 Å². The molecular formula is C22H30N4O2. The Kier molecular flexibility index (Phi) is 8.02. The normalized spacial score (nSPS) is 10.6. The fourth-order valence-electron chi connectivity index (χ4n) is 2.89. The molecule has 0 aromatic heterocycles. The third-order valence-electron chi connectivity index (χ3n) is 4.54. The number of benzene rings is 2. The van der Waals surface area contributed by atoms with Gasteiger partial charge in [-0.3, -0.25) is 14.5 Å². The van der Waals surface area contributed by atoms with Crippen molar-refractivity contribution in [2.45, 2.75) is 20.4 Å². The first-order valence-electron chi connectivity index (χ1n) is 9.60. The summed E-state index contributed by atoms with van der Waals surface area (Å²) in [5.74, 6) is -0.258. The number of hydrogen-bond donors (Lipinski definition) is 2. The van der Waals surface area contributed by atoms with Gasteiger partial charge in [-0.1, -0.05) is 38.1 Å². The number of anilines is 2. The quantitative estimate of drug-likeness (QED) is 0.699. The van der Waals surface area contributed by atoms with E-state index in [0.29, 0.717) is 11.3 Å². The van der Waals surface area contributed by atoms with Crippen molar-refractivity contribution in [1.82, 2.24) is 9.80 Å². The van der Waals surface area contributed by atoms with E-state index in [1.807, 2.05) is 18.2 Å². The van der Waals surface area contributed by atoms with Gasteiger partial charge in [0.2, 0.25) is 5.91 Å². The molecule has 0 spiro atoms. The second-order valence-electron chi connectivity index (χ2n) is 6.80. The first-order chi connectivity index (χ1) is 13.4. The zero-order valence-electron chi connectivity index (χ0n) is 17.2. The number of carbonyl (C=O) groups is 2. The van der Waals surface area contributed by atoms with E-state index in [2.05, 4.69) is 35.4 Å². The van der Waals surface area contributed by atoms with Gasteiger partial charge in [0, 0.05) is 37.6 Å². The minimum Gasteiger partial charge on any atom is -0.376 e. The number of nitrogens with zero attached hydrogens (tertiary/aromatic N) is 2. The standard InChI is InChI=1S/C22H30N4O2/c1-5-26(6-2)16-18-10-7-8-13-20(18)23-15-21(27)24-19-12-9-11-17(14-19)22(28)25(3)4/h7-14,23H,5-6,15-16H2,1-4H3,(H,24,27). The Morgan fingerprint density at radius 2 is 1.68 bits per heavy atom. The molecule has 0 aliphatic rings. The van der Waals surface area contributed by atoms with Gasteiger partial charge in [-0.25, -0.2) is 0 Å². The molecule has 0 saturated heterocycles. The second-order valence-corrected chi connectivity index (χ2v) is 6.80. The Balaban J connectivity index is 1.98. The summed E-state index contributed by atoms with van der Waals surface area (Å²) in [5.41, 5.74) is 3.27. The molecule has 6 nitrogen and oxygen atoms in total. The first kappa shape index (κ1) is 21.4. The molecule has 0 unspecified atom stereocenters. The molecule has 2 aromatic rings. The Labute approximate surface area is 167 Å². The number of para-hydroxylation sites is 1. The highest BCUT2D eigenvalue weighted by Gasteiger charge is 2.11. The number of rotatable bonds is 9. The van der Waals surface area contributed by atoms with Gasteiger partial charge in [0.15, 0.2) is 0 Å². The first-order valence-corrected chi connectivity index (χ1v) is 9.60. The molecule has 0 heterocycles. The Morgan fingerprint density at radius 1 is 0.964 bits per heavy atom. The zero-order valence-corrected chi connectivity index (χ0v) is 17.2. The largest absolute Gasteiger partial charge is 0.376 e. The van der Waals surface area contributed by atoms with Gasteiger partial charge in [0.05, 0.1) is 6.54 Å². The van der Waals surface area contributed by atoms with Gasteiger partial charge in [-0.2, -0.15) is 0 Å². The van der Waals surface area contributed by atoms with Gasteiger partial charge >= 0.3 is 0 Å². The molecule has 2 aromatic carbocycles. The van der Waals surface area contributed by atoms with E-state index in [1.54, 1.807) is 38.4 Å². The third kappa shape index (κ3) is 6.09. The molecule has 0 bridgehead atoms. The molecule has 0 radical (unpaired) electrons. The van der Waals surface area contributed by atoms with Crippen LogP contribution >= 0.6 is 0 Å². The van der Waals surface area contributed by atoms with Crippen molar-refractivity contribution in [3.05, 3.63) is 59.7 Å². The van der Waals surface area contributed by atoms with E-state index >= 15 is 0 Å². The van der Waals surface area contributed by atoms with E-state index in [9.17, 15) is 9.59 Å². The van der Waals surface area contributed by atoms with Crippen LogP contribution in [0.1, 0.15) is 29.8 Å². The summed E-state index contributed by atoms with van der Waals surface area (Å²) in [7, 11) is 3.40. The maximum absolute atomic E-state index is 12.4. The molecule has 2 amide bonds. The van der Waals surface area contributed by atoms with Crippen LogP contribution in [0.15, 0.2) is 48.5 Å². The maximum Gasteiger partial charge on any atom is 0.253 e. The Morgan fingerprint density at radius 3 is 2.36 bits per heavy atom. The highest BCUT2D eigenvalue weighted by molar-refractivity contribution is 5.98. The molecular weight excluding hydrogens is 352 g/mol. The van der Waals surface area contributed by atoms with Crippen molar-refractivity contribution in [2.24, 2.45) is 0 Å². The molecule has 0 saturated carbocycles. The van der Waals surface area contributed by atoms with Gasteiger partial charge < -0.3 is 15.5 Å². The lowest BCUT2D eigenvalue weighted by molar-refractivity contribution is -0.114. The van der Waals surface area contributed by atoms with E-state index in [4.69, 9.17) is 0 Å². The van der Waals surface area contributed by atoms with E-state index in [-0.39, 0.29) is 18.4 Å². The van der Waals surface area contributed by atoms with Crippen LogP contribution in [-0.4, -0.2) is 55.3 Å². The third-order valence-corrected chi connectivity index (χ3v) is 4.54. The second kappa shape index (κ2) is 10.5. The lowest BCUT2D eigenvalue weighted by Gasteiger charge is -2.20. The van der Waals surface area contributed by atoms with E-state index in [1.165, 1.54) is 4.90 Å². The smallest absolute Gasteiger partial charge is 0.253 e. The summed E-state index contributed by atoms with van der Waals surface area (Å²) >= 11 is 0. The molecule has 150 valence electrons. The summed E-state index contributed by atoms with van der Waals surface area (Å²) in [5, 5.41) is 6.07. The average molecular weight is 383 g/mol. The number of amides is 2. The number of hydrogen-bond acceptors (Lipinski definition) is 4. The maximum atomic E-state index is 12.4. The fraction of sp³-hybridized carbons (Fsp3) is 0.364.